The Kier molecular flexibility index (Phi) is 20.9. The molecule has 2 aromatic rings. The second-order valence-electron chi connectivity index (χ2n) is 11.0. The van der Waals surface area contributed by atoms with Crippen molar-refractivity contribution in [1.29, 1.82) is 0 Å². The summed E-state index contributed by atoms with van der Waals surface area (Å²) < 4.78 is 15.5. The van der Waals surface area contributed by atoms with Crippen molar-refractivity contribution >= 4 is 18.3 Å². The molecule has 44 heavy (non-hydrogen) atoms. The van der Waals surface area contributed by atoms with Crippen LogP contribution in [-0.4, -0.2) is 60.4 Å². The van der Waals surface area contributed by atoms with Crippen LogP contribution >= 0.6 is 0 Å². The Hall–Kier alpha value is -3.07. The average Bonchev–Trinajstić information content (AvgIpc) is 3.02. The van der Waals surface area contributed by atoms with Gasteiger partial charge in [0.05, 0.1) is 0 Å². The second-order valence-corrected chi connectivity index (χ2v) is 11.0. The van der Waals surface area contributed by atoms with E-state index in [-0.39, 0.29) is 25.2 Å². The van der Waals surface area contributed by atoms with E-state index in [0.29, 0.717) is 48.6 Å². The Labute approximate surface area is 266 Å². The van der Waals surface area contributed by atoms with Gasteiger partial charge in [-0.3, -0.25) is 9.69 Å². The van der Waals surface area contributed by atoms with Gasteiger partial charge in [-0.25, -0.2) is 4.39 Å². The number of piperidine rings is 1. The number of aliphatic hydroxyl groups is 1. The molecule has 3 atom stereocenters. The van der Waals surface area contributed by atoms with Crippen LogP contribution in [0, 0.1) is 24.6 Å². The number of halogens is 1. The van der Waals surface area contributed by atoms with Gasteiger partial charge in [0, 0.05) is 62.4 Å². The minimum atomic E-state index is -1.84. The van der Waals surface area contributed by atoms with E-state index in [0.717, 1.165) is 29.9 Å². The van der Waals surface area contributed by atoms with Crippen molar-refractivity contribution in [3.8, 4) is 0 Å². The SMILES string of the molecule is C=CN(Cc1c(C)cccc1NCc1cccc(CN2CC(C)CC(C)C2)c1F)C(O)(C=O)CCC=O.CC.CC.CNC. The highest BCUT2D eigenvalue weighted by Crippen LogP contribution is 2.28. The summed E-state index contributed by atoms with van der Waals surface area (Å²) in [7, 11) is 3.75. The molecule has 8 heteroatoms. The molecule has 0 aliphatic carbocycles. The Balaban J connectivity index is 0.00000244. The molecule has 3 rings (SSSR count). The standard InChI is InChI=1S/C30H40FN3O3.C2H7N.2C2H6/c1-5-34(30(37,21-36)13-8-14-35)20-27-24(4)9-6-12-28(27)32-16-25-10-7-11-26(29(25)31)19-33-17-22(2)15-23(3)18-33;1-3-2;2*1-2/h5-7,9-12,14,21-23,32,37H,1,8,13,15-20H2,2-4H3;3H,1-2H3;2*1-2H3. The highest BCUT2D eigenvalue weighted by molar-refractivity contribution is 5.63. The molecule has 1 fully saturated rings. The molecule has 0 radical (unpaired) electrons. The van der Waals surface area contributed by atoms with Crippen LogP contribution < -0.4 is 10.6 Å². The summed E-state index contributed by atoms with van der Waals surface area (Å²) in [6.07, 6.45) is 3.74. The summed E-state index contributed by atoms with van der Waals surface area (Å²) in [5.74, 6) is 1.04. The first-order chi connectivity index (χ1) is 21.1. The largest absolute Gasteiger partial charge is 0.381 e. The Morgan fingerprint density at radius 1 is 1.05 bits per heavy atom. The predicted octanol–water partition coefficient (Wildman–Crippen LogP) is 6.92. The molecule has 1 heterocycles. The number of hydrogen-bond donors (Lipinski definition) is 3. The number of nitrogens with one attached hydrogen (secondary N) is 2. The lowest BCUT2D eigenvalue weighted by Crippen LogP contribution is -2.47. The van der Waals surface area contributed by atoms with Gasteiger partial charge in [0.1, 0.15) is 12.1 Å². The van der Waals surface area contributed by atoms with Gasteiger partial charge in [-0.15, -0.1) is 0 Å². The first-order valence-corrected chi connectivity index (χ1v) is 16.0. The van der Waals surface area contributed by atoms with Crippen LogP contribution in [0.2, 0.25) is 0 Å². The molecule has 2 aromatic carbocycles. The van der Waals surface area contributed by atoms with Crippen molar-refractivity contribution in [2.75, 3.05) is 32.5 Å². The fourth-order valence-electron chi connectivity index (χ4n) is 5.39. The second kappa shape index (κ2) is 22.4. The van der Waals surface area contributed by atoms with Crippen LogP contribution in [0.1, 0.15) is 83.1 Å². The maximum atomic E-state index is 15.5. The lowest BCUT2D eigenvalue weighted by molar-refractivity contribution is -0.144. The van der Waals surface area contributed by atoms with Crippen LogP contribution in [0.5, 0.6) is 0 Å². The molecule has 7 nitrogen and oxygen atoms in total. The normalized spacial score (nSPS) is 17.2. The van der Waals surface area contributed by atoms with Crippen molar-refractivity contribution in [2.24, 2.45) is 11.8 Å². The third-order valence-corrected chi connectivity index (χ3v) is 7.24. The number of nitrogens with zero attached hydrogens (tertiary/aromatic N) is 2. The Morgan fingerprint density at radius 3 is 2.16 bits per heavy atom. The zero-order valence-corrected chi connectivity index (χ0v) is 28.8. The minimum absolute atomic E-state index is 0.0345. The molecule has 0 aromatic heterocycles. The van der Waals surface area contributed by atoms with Crippen LogP contribution in [0.3, 0.4) is 0 Å². The smallest absolute Gasteiger partial charge is 0.195 e. The molecule has 0 saturated carbocycles. The maximum Gasteiger partial charge on any atom is 0.195 e. The molecule has 1 aliphatic rings. The van der Waals surface area contributed by atoms with E-state index in [2.05, 4.69) is 36.0 Å². The molecule has 0 amide bonds. The number of hydrogen-bond acceptors (Lipinski definition) is 7. The van der Waals surface area contributed by atoms with Crippen molar-refractivity contribution in [1.82, 2.24) is 15.1 Å². The van der Waals surface area contributed by atoms with Crippen LogP contribution in [0.25, 0.3) is 0 Å². The number of aryl methyl sites for hydroxylation is 1. The number of aldehydes is 2. The fraction of sp³-hybridized carbons (Fsp3) is 0.556. The van der Waals surface area contributed by atoms with Gasteiger partial charge in [-0.05, 0) is 62.7 Å². The summed E-state index contributed by atoms with van der Waals surface area (Å²) in [5, 5.41) is 17.0. The van der Waals surface area contributed by atoms with Crippen LogP contribution in [-0.2, 0) is 29.2 Å². The van der Waals surface area contributed by atoms with Gasteiger partial charge < -0.3 is 25.4 Å². The van der Waals surface area contributed by atoms with E-state index in [4.69, 9.17) is 0 Å². The Bertz CT molecular complexity index is 1100. The van der Waals surface area contributed by atoms with E-state index in [1.807, 2.05) is 79.0 Å². The lowest BCUT2D eigenvalue weighted by Gasteiger charge is -2.35. The third kappa shape index (κ3) is 12.9. The van der Waals surface area contributed by atoms with Gasteiger partial charge >= 0.3 is 0 Å². The molecular formula is C36H59FN4O3. The quantitative estimate of drug-likeness (QED) is 0.167. The number of rotatable bonds is 13. The molecule has 0 spiro atoms. The summed E-state index contributed by atoms with van der Waals surface area (Å²) in [6.45, 7) is 21.3. The fourth-order valence-corrected chi connectivity index (χ4v) is 5.39. The minimum Gasteiger partial charge on any atom is -0.381 e. The van der Waals surface area contributed by atoms with E-state index in [1.165, 1.54) is 17.5 Å². The van der Waals surface area contributed by atoms with Gasteiger partial charge in [0.25, 0.3) is 0 Å². The van der Waals surface area contributed by atoms with Crippen molar-refractivity contribution in [2.45, 2.75) is 93.1 Å². The third-order valence-electron chi connectivity index (χ3n) is 7.24. The van der Waals surface area contributed by atoms with E-state index < -0.39 is 5.72 Å². The van der Waals surface area contributed by atoms with Crippen molar-refractivity contribution < 1.29 is 19.1 Å². The summed E-state index contributed by atoms with van der Waals surface area (Å²) in [4.78, 5) is 26.4. The van der Waals surface area contributed by atoms with Crippen molar-refractivity contribution in [3.05, 3.63) is 77.2 Å². The molecular weight excluding hydrogens is 555 g/mol. The molecule has 1 aliphatic heterocycles. The first kappa shape index (κ1) is 40.9. The number of carbonyl (C=O) groups is 2. The number of carbonyl (C=O) groups excluding carboxylic acids is 2. The van der Waals surface area contributed by atoms with Gasteiger partial charge in [-0.1, -0.05) is 78.5 Å². The zero-order valence-electron chi connectivity index (χ0n) is 28.8. The topological polar surface area (TPSA) is 84.9 Å². The highest BCUT2D eigenvalue weighted by atomic mass is 19.1. The number of benzene rings is 2. The van der Waals surface area contributed by atoms with Gasteiger partial charge in [0.15, 0.2) is 12.0 Å². The van der Waals surface area contributed by atoms with Crippen molar-refractivity contribution in [3.63, 3.8) is 0 Å². The highest BCUT2D eigenvalue weighted by Gasteiger charge is 2.32. The summed E-state index contributed by atoms with van der Waals surface area (Å²) in [6, 6.07) is 11.3. The number of likely N-dealkylation sites (tertiary alicyclic amines) is 1. The van der Waals surface area contributed by atoms with Crippen LogP contribution in [0.4, 0.5) is 10.1 Å². The zero-order chi connectivity index (χ0) is 33.7. The van der Waals surface area contributed by atoms with Gasteiger partial charge in [0.2, 0.25) is 0 Å². The van der Waals surface area contributed by atoms with Crippen LogP contribution in [0.15, 0.2) is 49.2 Å². The molecule has 1 saturated heterocycles. The van der Waals surface area contributed by atoms with E-state index in [1.54, 1.807) is 6.07 Å². The van der Waals surface area contributed by atoms with E-state index >= 15 is 4.39 Å². The Morgan fingerprint density at radius 2 is 1.61 bits per heavy atom. The lowest BCUT2D eigenvalue weighted by atomic mass is 9.91. The molecule has 3 N–H and O–H groups in total. The molecule has 3 unspecified atom stereocenters. The molecule has 248 valence electrons. The average molecular weight is 615 g/mol. The monoisotopic (exact) mass is 614 g/mol. The summed E-state index contributed by atoms with van der Waals surface area (Å²) >= 11 is 0. The maximum absolute atomic E-state index is 15.5. The number of anilines is 1. The van der Waals surface area contributed by atoms with Gasteiger partial charge in [-0.2, -0.15) is 0 Å². The predicted molar refractivity (Wildman–Crippen MR) is 183 cm³/mol. The van der Waals surface area contributed by atoms with E-state index in [9.17, 15) is 14.7 Å². The summed E-state index contributed by atoms with van der Waals surface area (Å²) in [5.41, 5.74) is 2.02. The molecule has 0 bridgehead atoms. The first-order valence-electron chi connectivity index (χ1n) is 16.0.